The maximum absolute atomic E-state index is 10.3. The average molecular weight is 385 g/mol. The third kappa shape index (κ3) is 3.90. The van der Waals surface area contributed by atoms with E-state index in [0.717, 1.165) is 20.3 Å². The van der Waals surface area contributed by atoms with Gasteiger partial charge in [0, 0.05) is 11.3 Å². The third-order valence-electron chi connectivity index (χ3n) is 4.59. The monoisotopic (exact) mass is 384 g/mol. The molecule has 0 amide bonds. The van der Waals surface area contributed by atoms with Crippen LogP contribution in [0.2, 0.25) is 4.34 Å². The molecule has 25 heavy (non-hydrogen) atoms. The minimum absolute atomic E-state index is 0.437. The van der Waals surface area contributed by atoms with E-state index in [1.165, 1.54) is 11.3 Å². The number of aryl methyl sites for hydroxylation is 1. The van der Waals surface area contributed by atoms with E-state index in [-0.39, 0.29) is 0 Å². The van der Waals surface area contributed by atoms with Gasteiger partial charge in [0.1, 0.15) is 30.5 Å². The highest BCUT2D eigenvalue weighted by molar-refractivity contribution is 7.16. The summed E-state index contributed by atoms with van der Waals surface area (Å²) in [6.45, 7) is 1.56. The second-order valence-corrected chi connectivity index (χ2v) is 8.12. The molecule has 4 N–H and O–H groups in total. The maximum Gasteiger partial charge on any atom is 0.113 e. The summed E-state index contributed by atoms with van der Waals surface area (Å²) in [5.74, 6) is 0. The fraction of sp³-hybridized carbons (Fsp3) is 0.444. The normalized spacial score (nSPS) is 29.8. The number of hydrogen-bond donors (Lipinski definition) is 4. The first-order valence-electron chi connectivity index (χ1n) is 8.05. The SMILES string of the molecule is Cc1ccc(C2OC(CO)[C@@H](O)[C@H](O)[C@H]2O)cc1Cc1ccc(Cl)s1. The molecule has 0 saturated carbocycles. The lowest BCUT2D eigenvalue weighted by Crippen LogP contribution is -2.55. The van der Waals surface area contributed by atoms with Crippen molar-refractivity contribution >= 4 is 22.9 Å². The number of thiophene rings is 1. The number of halogens is 1. The molecule has 1 fully saturated rings. The minimum Gasteiger partial charge on any atom is -0.394 e. The van der Waals surface area contributed by atoms with Crippen molar-refractivity contribution in [3.8, 4) is 0 Å². The third-order valence-corrected chi connectivity index (χ3v) is 5.82. The van der Waals surface area contributed by atoms with Crippen molar-refractivity contribution < 1.29 is 25.2 Å². The molecule has 0 radical (unpaired) electrons. The van der Waals surface area contributed by atoms with Gasteiger partial charge in [0.05, 0.1) is 10.9 Å². The summed E-state index contributed by atoms with van der Waals surface area (Å²) < 4.78 is 6.37. The largest absolute Gasteiger partial charge is 0.394 e. The van der Waals surface area contributed by atoms with Crippen LogP contribution in [0.25, 0.3) is 0 Å². The van der Waals surface area contributed by atoms with E-state index < -0.39 is 37.1 Å². The Morgan fingerprint density at radius 3 is 2.48 bits per heavy atom. The Morgan fingerprint density at radius 1 is 1.08 bits per heavy atom. The molecule has 3 rings (SSSR count). The van der Waals surface area contributed by atoms with Gasteiger partial charge in [0.2, 0.25) is 0 Å². The fourth-order valence-corrected chi connectivity index (χ4v) is 4.18. The summed E-state index contributed by atoms with van der Waals surface area (Å²) in [5.41, 5.74) is 2.85. The number of rotatable bonds is 4. The molecular formula is C18H21ClO5S. The Hall–Kier alpha value is -0.990. The molecule has 1 aromatic carbocycles. The number of benzene rings is 1. The zero-order valence-electron chi connectivity index (χ0n) is 13.7. The predicted molar refractivity (Wildman–Crippen MR) is 96.0 cm³/mol. The van der Waals surface area contributed by atoms with Gasteiger partial charge in [-0.2, -0.15) is 0 Å². The van der Waals surface area contributed by atoms with Crippen LogP contribution in [0.5, 0.6) is 0 Å². The van der Waals surface area contributed by atoms with Gasteiger partial charge in [-0.05, 0) is 35.7 Å². The first-order chi connectivity index (χ1) is 11.9. The summed E-state index contributed by atoms with van der Waals surface area (Å²) in [5, 5.41) is 39.5. The summed E-state index contributed by atoms with van der Waals surface area (Å²) in [4.78, 5) is 1.12. The van der Waals surface area contributed by atoms with E-state index in [2.05, 4.69) is 0 Å². The molecule has 2 unspecified atom stereocenters. The summed E-state index contributed by atoms with van der Waals surface area (Å²) >= 11 is 7.51. The topological polar surface area (TPSA) is 90.2 Å². The minimum atomic E-state index is -1.38. The lowest BCUT2D eigenvalue weighted by molar-refractivity contribution is -0.231. The van der Waals surface area contributed by atoms with Crippen molar-refractivity contribution in [1.82, 2.24) is 0 Å². The van der Waals surface area contributed by atoms with Crippen LogP contribution in [0.1, 0.15) is 27.7 Å². The van der Waals surface area contributed by atoms with Crippen LogP contribution in [0.4, 0.5) is 0 Å². The van der Waals surface area contributed by atoms with Crippen LogP contribution < -0.4 is 0 Å². The molecule has 1 aliphatic heterocycles. The Bertz CT molecular complexity index is 732. The first kappa shape index (κ1) is 18.8. The highest BCUT2D eigenvalue weighted by atomic mass is 35.5. The average Bonchev–Trinajstić information content (AvgIpc) is 3.00. The van der Waals surface area contributed by atoms with Crippen molar-refractivity contribution in [2.24, 2.45) is 0 Å². The summed E-state index contributed by atoms with van der Waals surface area (Å²) in [6, 6.07) is 9.52. The quantitative estimate of drug-likeness (QED) is 0.645. The van der Waals surface area contributed by atoms with E-state index in [9.17, 15) is 20.4 Å². The molecule has 2 aromatic rings. The van der Waals surface area contributed by atoms with E-state index >= 15 is 0 Å². The lowest BCUT2D eigenvalue weighted by atomic mass is 9.89. The molecule has 136 valence electrons. The fourth-order valence-electron chi connectivity index (χ4n) is 3.07. The number of aliphatic hydroxyl groups is 4. The molecule has 0 spiro atoms. The molecule has 0 bridgehead atoms. The molecule has 1 saturated heterocycles. The maximum atomic E-state index is 10.3. The number of aliphatic hydroxyl groups excluding tert-OH is 4. The van der Waals surface area contributed by atoms with Gasteiger partial charge >= 0.3 is 0 Å². The summed E-state index contributed by atoms with van der Waals surface area (Å²) in [7, 11) is 0. The van der Waals surface area contributed by atoms with Gasteiger partial charge in [-0.3, -0.25) is 0 Å². The van der Waals surface area contributed by atoms with Crippen LogP contribution >= 0.6 is 22.9 Å². The highest BCUT2D eigenvalue weighted by Gasteiger charge is 2.43. The molecular weight excluding hydrogens is 364 g/mol. The molecule has 0 aliphatic carbocycles. The van der Waals surface area contributed by atoms with Crippen LogP contribution in [-0.4, -0.2) is 51.4 Å². The standard InChI is InChI=1S/C18H21ClO5S/c1-9-2-3-10(6-11(9)7-12-4-5-14(19)25-12)18-17(23)16(22)15(21)13(8-20)24-18/h2-6,13,15-18,20-23H,7-8H2,1H3/t13?,15-,16+,17-,18?/m1/s1. The predicted octanol–water partition coefficient (Wildman–Crippen LogP) is 1.82. The van der Waals surface area contributed by atoms with Crippen LogP contribution in [0.3, 0.4) is 0 Å². The molecule has 2 heterocycles. The van der Waals surface area contributed by atoms with Crippen LogP contribution in [-0.2, 0) is 11.2 Å². The number of ether oxygens (including phenoxy) is 1. The first-order valence-corrected chi connectivity index (χ1v) is 9.24. The van der Waals surface area contributed by atoms with Gasteiger partial charge in [-0.15, -0.1) is 11.3 Å². The van der Waals surface area contributed by atoms with Gasteiger partial charge in [-0.1, -0.05) is 29.8 Å². The van der Waals surface area contributed by atoms with Crippen molar-refractivity contribution in [2.45, 2.75) is 43.9 Å². The van der Waals surface area contributed by atoms with Crippen molar-refractivity contribution in [2.75, 3.05) is 6.61 Å². The van der Waals surface area contributed by atoms with Crippen molar-refractivity contribution in [1.29, 1.82) is 0 Å². The second-order valence-electron chi connectivity index (χ2n) is 6.32. The molecule has 5 atom stereocenters. The molecule has 5 nitrogen and oxygen atoms in total. The zero-order chi connectivity index (χ0) is 18.1. The zero-order valence-corrected chi connectivity index (χ0v) is 15.2. The molecule has 1 aliphatic rings. The Kier molecular flexibility index (Phi) is 5.80. The van der Waals surface area contributed by atoms with E-state index in [0.29, 0.717) is 12.0 Å². The second kappa shape index (κ2) is 7.72. The molecule has 1 aromatic heterocycles. The Balaban J connectivity index is 1.88. The van der Waals surface area contributed by atoms with Crippen molar-refractivity contribution in [3.05, 3.63) is 56.2 Å². The van der Waals surface area contributed by atoms with Crippen LogP contribution in [0.15, 0.2) is 30.3 Å². The lowest BCUT2D eigenvalue weighted by Gasteiger charge is -2.40. The van der Waals surface area contributed by atoms with Crippen LogP contribution in [0, 0.1) is 6.92 Å². The van der Waals surface area contributed by atoms with Crippen molar-refractivity contribution in [3.63, 3.8) is 0 Å². The smallest absolute Gasteiger partial charge is 0.113 e. The van der Waals surface area contributed by atoms with Gasteiger partial charge in [-0.25, -0.2) is 0 Å². The summed E-state index contributed by atoms with van der Waals surface area (Å²) in [6.07, 6.45) is -5.03. The highest BCUT2D eigenvalue weighted by Crippen LogP contribution is 2.34. The van der Waals surface area contributed by atoms with Gasteiger partial charge in [0.25, 0.3) is 0 Å². The van der Waals surface area contributed by atoms with Gasteiger partial charge in [0.15, 0.2) is 0 Å². The van der Waals surface area contributed by atoms with E-state index in [1.54, 1.807) is 0 Å². The Labute approximate surface area is 155 Å². The van der Waals surface area contributed by atoms with E-state index in [4.69, 9.17) is 16.3 Å². The molecule has 7 heteroatoms. The number of hydrogen-bond acceptors (Lipinski definition) is 6. The van der Waals surface area contributed by atoms with Gasteiger partial charge < -0.3 is 25.2 Å². The van der Waals surface area contributed by atoms with E-state index in [1.807, 2.05) is 37.3 Å². The Morgan fingerprint density at radius 2 is 1.84 bits per heavy atom.